The minimum atomic E-state index is 0.940. The smallest absolute Gasteiger partial charge is 0.0271 e. The highest BCUT2D eigenvalue weighted by atomic mass is 15.1. The van der Waals surface area contributed by atoms with Gasteiger partial charge in [0.15, 0.2) is 0 Å². The van der Waals surface area contributed by atoms with Crippen molar-refractivity contribution in [3.8, 4) is 0 Å². The van der Waals surface area contributed by atoms with Crippen LogP contribution in [0.25, 0.3) is 6.08 Å². The fraction of sp³-hybridized carbons (Fsp3) is 0.480. The Hall–Kier alpha value is -1.97. The standard InChI is InChI=1S/C25H33N3/c1-2-5-22(6-3-1)7-4-16-27-17-10-24(11-18-27)25-12-19-28(20-13-25)21-23-8-14-26-15-9-23/h1-9,14-15,24-25H,10-13,16-21H2. The topological polar surface area (TPSA) is 19.4 Å². The van der Waals surface area contributed by atoms with Gasteiger partial charge in [-0.25, -0.2) is 0 Å². The Morgan fingerprint density at radius 2 is 1.39 bits per heavy atom. The quantitative estimate of drug-likeness (QED) is 0.728. The van der Waals surface area contributed by atoms with E-state index >= 15 is 0 Å². The van der Waals surface area contributed by atoms with E-state index in [1.54, 1.807) is 0 Å². The van der Waals surface area contributed by atoms with Crippen molar-refractivity contribution in [2.24, 2.45) is 11.8 Å². The fourth-order valence-electron chi connectivity index (χ4n) is 4.84. The van der Waals surface area contributed by atoms with Crippen LogP contribution in [0.4, 0.5) is 0 Å². The van der Waals surface area contributed by atoms with Crippen molar-refractivity contribution in [2.75, 3.05) is 32.7 Å². The second kappa shape index (κ2) is 9.99. The Kier molecular flexibility index (Phi) is 6.91. The van der Waals surface area contributed by atoms with Crippen LogP contribution < -0.4 is 0 Å². The predicted molar refractivity (Wildman–Crippen MR) is 117 cm³/mol. The van der Waals surface area contributed by atoms with Gasteiger partial charge in [0.05, 0.1) is 0 Å². The minimum Gasteiger partial charge on any atom is -0.300 e. The Bertz CT molecular complexity index is 712. The van der Waals surface area contributed by atoms with Gasteiger partial charge >= 0.3 is 0 Å². The molecule has 1 aromatic heterocycles. The Morgan fingerprint density at radius 1 is 0.786 bits per heavy atom. The summed E-state index contributed by atoms with van der Waals surface area (Å²) < 4.78 is 0. The molecule has 0 saturated carbocycles. The van der Waals surface area contributed by atoms with Crippen LogP contribution in [0.2, 0.25) is 0 Å². The molecule has 0 N–H and O–H groups in total. The van der Waals surface area contributed by atoms with Gasteiger partial charge in [-0.1, -0.05) is 42.5 Å². The summed E-state index contributed by atoms with van der Waals surface area (Å²) in [7, 11) is 0. The van der Waals surface area contributed by atoms with Crippen LogP contribution in [0, 0.1) is 11.8 Å². The molecule has 2 aliphatic rings. The number of aromatic nitrogens is 1. The van der Waals surface area contributed by atoms with Crippen LogP contribution in [0.5, 0.6) is 0 Å². The molecule has 3 heteroatoms. The largest absolute Gasteiger partial charge is 0.300 e. The van der Waals surface area contributed by atoms with Crippen molar-refractivity contribution in [2.45, 2.75) is 32.2 Å². The van der Waals surface area contributed by atoms with Gasteiger partial charge < -0.3 is 0 Å². The lowest BCUT2D eigenvalue weighted by Crippen LogP contribution is -2.40. The maximum atomic E-state index is 4.13. The monoisotopic (exact) mass is 375 g/mol. The normalized spacial score (nSPS) is 20.7. The molecule has 3 heterocycles. The number of hydrogen-bond donors (Lipinski definition) is 0. The van der Waals surface area contributed by atoms with Gasteiger partial charge in [-0.15, -0.1) is 0 Å². The van der Waals surface area contributed by atoms with Gasteiger partial charge in [0.25, 0.3) is 0 Å². The van der Waals surface area contributed by atoms with Gasteiger partial charge in [0.1, 0.15) is 0 Å². The van der Waals surface area contributed by atoms with Gasteiger partial charge in [-0.05, 0) is 87.0 Å². The van der Waals surface area contributed by atoms with Crippen molar-refractivity contribution in [1.82, 2.24) is 14.8 Å². The van der Waals surface area contributed by atoms with Crippen molar-refractivity contribution in [1.29, 1.82) is 0 Å². The molecule has 3 nitrogen and oxygen atoms in total. The first-order chi connectivity index (χ1) is 13.9. The second-order valence-electron chi connectivity index (χ2n) is 8.42. The van der Waals surface area contributed by atoms with Crippen molar-refractivity contribution in [3.05, 3.63) is 72.1 Å². The van der Waals surface area contributed by atoms with Crippen LogP contribution in [0.3, 0.4) is 0 Å². The third-order valence-electron chi connectivity index (χ3n) is 6.56. The fourth-order valence-corrected chi connectivity index (χ4v) is 4.84. The molecule has 0 spiro atoms. The molecule has 2 saturated heterocycles. The van der Waals surface area contributed by atoms with Crippen LogP contribution in [0.1, 0.15) is 36.8 Å². The van der Waals surface area contributed by atoms with Gasteiger partial charge in [-0.2, -0.15) is 0 Å². The number of piperidine rings is 2. The molecule has 2 aliphatic heterocycles. The number of pyridine rings is 1. The van der Waals surface area contributed by atoms with E-state index in [1.165, 1.54) is 63.0 Å². The number of likely N-dealkylation sites (tertiary alicyclic amines) is 2. The summed E-state index contributed by atoms with van der Waals surface area (Å²) in [5, 5.41) is 0. The summed E-state index contributed by atoms with van der Waals surface area (Å²) in [6.07, 6.45) is 13.9. The van der Waals surface area contributed by atoms with Gasteiger partial charge in [-0.3, -0.25) is 14.8 Å². The molecule has 28 heavy (non-hydrogen) atoms. The summed E-state index contributed by atoms with van der Waals surface area (Å²) in [6.45, 7) is 7.22. The van der Waals surface area contributed by atoms with E-state index < -0.39 is 0 Å². The molecule has 2 aromatic rings. The first-order valence-electron chi connectivity index (χ1n) is 10.9. The third kappa shape index (κ3) is 5.52. The molecule has 0 radical (unpaired) electrons. The molecular formula is C25H33N3. The molecule has 0 aliphatic carbocycles. The van der Waals surface area contributed by atoms with Crippen LogP contribution >= 0.6 is 0 Å². The summed E-state index contributed by atoms with van der Waals surface area (Å²) >= 11 is 0. The van der Waals surface area contributed by atoms with Crippen LogP contribution in [0.15, 0.2) is 60.9 Å². The second-order valence-corrected chi connectivity index (χ2v) is 8.42. The zero-order valence-electron chi connectivity index (χ0n) is 16.9. The molecular weight excluding hydrogens is 342 g/mol. The Balaban J connectivity index is 1.16. The van der Waals surface area contributed by atoms with Crippen molar-refractivity contribution < 1.29 is 0 Å². The lowest BCUT2D eigenvalue weighted by Gasteiger charge is -2.40. The molecule has 0 amide bonds. The molecule has 2 fully saturated rings. The van der Waals surface area contributed by atoms with E-state index in [-0.39, 0.29) is 0 Å². The molecule has 4 rings (SSSR count). The molecule has 148 valence electrons. The molecule has 1 aromatic carbocycles. The average molecular weight is 376 g/mol. The van der Waals surface area contributed by atoms with E-state index in [0.29, 0.717) is 0 Å². The zero-order chi connectivity index (χ0) is 19.0. The highest BCUT2D eigenvalue weighted by Gasteiger charge is 2.29. The van der Waals surface area contributed by atoms with Gasteiger partial charge in [0.2, 0.25) is 0 Å². The van der Waals surface area contributed by atoms with Crippen LogP contribution in [-0.2, 0) is 6.54 Å². The SMILES string of the molecule is C(=Cc1ccccc1)CN1CCC(C2CCN(Cc3ccncc3)CC2)CC1. The highest BCUT2D eigenvalue weighted by Crippen LogP contribution is 2.32. The first-order valence-corrected chi connectivity index (χ1v) is 10.9. The Morgan fingerprint density at radius 3 is 2.04 bits per heavy atom. The van der Waals surface area contributed by atoms with Gasteiger partial charge in [0, 0.05) is 25.5 Å². The maximum absolute atomic E-state index is 4.13. The van der Waals surface area contributed by atoms with Crippen molar-refractivity contribution in [3.63, 3.8) is 0 Å². The highest BCUT2D eigenvalue weighted by molar-refractivity contribution is 5.48. The number of hydrogen-bond acceptors (Lipinski definition) is 3. The summed E-state index contributed by atoms with van der Waals surface area (Å²) in [6, 6.07) is 14.9. The van der Waals surface area contributed by atoms with E-state index in [1.807, 2.05) is 12.4 Å². The first kappa shape index (κ1) is 19.4. The molecule has 0 atom stereocenters. The summed E-state index contributed by atoms with van der Waals surface area (Å²) in [5.41, 5.74) is 2.70. The lowest BCUT2D eigenvalue weighted by atomic mass is 9.79. The number of benzene rings is 1. The summed E-state index contributed by atoms with van der Waals surface area (Å²) in [5.74, 6) is 1.88. The van der Waals surface area contributed by atoms with Crippen LogP contribution in [-0.4, -0.2) is 47.5 Å². The molecule has 0 unspecified atom stereocenters. The number of rotatable bonds is 6. The summed E-state index contributed by atoms with van der Waals surface area (Å²) in [4.78, 5) is 9.36. The molecule has 0 bridgehead atoms. The lowest BCUT2D eigenvalue weighted by molar-refractivity contribution is 0.0977. The van der Waals surface area contributed by atoms with E-state index in [4.69, 9.17) is 0 Å². The third-order valence-corrected chi connectivity index (χ3v) is 6.56. The zero-order valence-corrected chi connectivity index (χ0v) is 16.9. The Labute approximate surface area is 170 Å². The van der Waals surface area contributed by atoms with Crippen molar-refractivity contribution >= 4 is 6.08 Å². The predicted octanol–water partition coefficient (Wildman–Crippen LogP) is 4.72. The minimum absolute atomic E-state index is 0.940. The maximum Gasteiger partial charge on any atom is 0.0271 e. The average Bonchev–Trinajstić information content (AvgIpc) is 2.76. The van der Waals surface area contributed by atoms with E-state index in [2.05, 4.69) is 69.4 Å². The van der Waals surface area contributed by atoms with E-state index in [0.717, 1.165) is 24.9 Å². The van der Waals surface area contributed by atoms with E-state index in [9.17, 15) is 0 Å². The number of nitrogens with zero attached hydrogens (tertiary/aromatic N) is 3.